The number of aromatic nitrogens is 2. The van der Waals surface area contributed by atoms with Gasteiger partial charge in [0.2, 0.25) is 5.91 Å². The lowest BCUT2D eigenvalue weighted by atomic mass is 9.97. The van der Waals surface area contributed by atoms with E-state index < -0.39 is 0 Å². The molecule has 1 aliphatic heterocycles. The molecule has 1 fully saturated rings. The summed E-state index contributed by atoms with van der Waals surface area (Å²) in [5.74, 6) is 0.354. The predicted octanol–water partition coefficient (Wildman–Crippen LogP) is 4.68. The first-order chi connectivity index (χ1) is 13.7. The Bertz CT molecular complexity index is 918. The number of benzene rings is 1. The SMILES string of the molecule is O=C(CCc1ccc(F)cc1)N1CCC(c2nc(-c3ccncc3)cs2)CC1. The summed E-state index contributed by atoms with van der Waals surface area (Å²) in [7, 11) is 0. The van der Waals surface area contributed by atoms with Crippen molar-refractivity contribution in [1.82, 2.24) is 14.9 Å². The molecule has 1 amide bonds. The van der Waals surface area contributed by atoms with E-state index in [-0.39, 0.29) is 11.7 Å². The molecule has 1 aromatic carbocycles. The summed E-state index contributed by atoms with van der Waals surface area (Å²) in [6, 6.07) is 10.3. The summed E-state index contributed by atoms with van der Waals surface area (Å²) in [5, 5.41) is 3.26. The molecule has 28 heavy (non-hydrogen) atoms. The molecule has 0 saturated carbocycles. The number of pyridine rings is 1. The second-order valence-corrected chi connectivity index (χ2v) is 7.98. The molecule has 0 bridgehead atoms. The minimum atomic E-state index is -0.244. The number of piperidine rings is 1. The molecule has 1 saturated heterocycles. The van der Waals surface area contributed by atoms with E-state index in [0.29, 0.717) is 18.8 Å². The van der Waals surface area contributed by atoms with E-state index >= 15 is 0 Å². The van der Waals surface area contributed by atoms with E-state index in [9.17, 15) is 9.18 Å². The van der Waals surface area contributed by atoms with Gasteiger partial charge in [-0.25, -0.2) is 9.37 Å². The predicted molar refractivity (Wildman–Crippen MR) is 109 cm³/mol. The van der Waals surface area contributed by atoms with Crippen molar-refractivity contribution in [3.63, 3.8) is 0 Å². The Balaban J connectivity index is 1.29. The van der Waals surface area contributed by atoms with Crippen molar-refractivity contribution in [2.45, 2.75) is 31.6 Å². The number of hydrogen-bond donors (Lipinski definition) is 0. The van der Waals surface area contributed by atoms with Gasteiger partial charge < -0.3 is 4.90 Å². The highest BCUT2D eigenvalue weighted by Gasteiger charge is 2.25. The third-order valence-electron chi connectivity index (χ3n) is 5.24. The topological polar surface area (TPSA) is 46.1 Å². The quantitative estimate of drug-likeness (QED) is 0.630. The van der Waals surface area contributed by atoms with E-state index in [0.717, 1.165) is 47.8 Å². The molecule has 0 aliphatic carbocycles. The van der Waals surface area contributed by atoms with Crippen LogP contribution in [0.5, 0.6) is 0 Å². The van der Waals surface area contributed by atoms with E-state index in [4.69, 9.17) is 4.98 Å². The standard InChI is InChI=1S/C22H22FN3OS/c23-19-4-1-16(2-5-19)3-6-21(27)26-13-9-18(10-14-26)22-25-20(15-28-22)17-7-11-24-12-8-17/h1-2,4-5,7-8,11-12,15,18H,3,6,9-10,13-14H2. The van der Waals surface area contributed by atoms with Gasteiger partial charge in [0.15, 0.2) is 0 Å². The molecule has 144 valence electrons. The van der Waals surface area contributed by atoms with Crippen molar-refractivity contribution in [3.8, 4) is 11.3 Å². The van der Waals surface area contributed by atoms with Gasteiger partial charge in [0.25, 0.3) is 0 Å². The van der Waals surface area contributed by atoms with E-state index in [1.165, 1.54) is 12.1 Å². The molecule has 3 heterocycles. The van der Waals surface area contributed by atoms with Crippen LogP contribution in [0.1, 0.15) is 35.8 Å². The van der Waals surface area contributed by atoms with Gasteiger partial charge in [-0.3, -0.25) is 9.78 Å². The monoisotopic (exact) mass is 395 g/mol. The molecule has 3 aromatic rings. The normalized spacial score (nSPS) is 15.0. The molecule has 0 spiro atoms. The minimum absolute atomic E-state index is 0.180. The van der Waals surface area contributed by atoms with Gasteiger partial charge in [0, 0.05) is 48.8 Å². The van der Waals surface area contributed by atoms with Crippen molar-refractivity contribution in [2.24, 2.45) is 0 Å². The Morgan fingerprint density at radius 1 is 1.11 bits per heavy atom. The van der Waals surface area contributed by atoms with Crippen molar-refractivity contribution < 1.29 is 9.18 Å². The number of amides is 1. The van der Waals surface area contributed by atoms with Crippen LogP contribution >= 0.6 is 11.3 Å². The average molecular weight is 396 g/mol. The van der Waals surface area contributed by atoms with Gasteiger partial charge in [0.1, 0.15) is 5.82 Å². The molecule has 4 rings (SSSR count). The van der Waals surface area contributed by atoms with Gasteiger partial charge in [-0.2, -0.15) is 0 Å². The second-order valence-electron chi connectivity index (χ2n) is 7.09. The summed E-state index contributed by atoms with van der Waals surface area (Å²) in [6.07, 6.45) is 6.59. The lowest BCUT2D eigenvalue weighted by molar-refractivity contribution is -0.132. The van der Waals surface area contributed by atoms with Gasteiger partial charge >= 0.3 is 0 Å². The van der Waals surface area contributed by atoms with E-state index in [1.807, 2.05) is 17.0 Å². The highest BCUT2D eigenvalue weighted by atomic mass is 32.1. The molecule has 4 nitrogen and oxygen atoms in total. The van der Waals surface area contributed by atoms with Crippen LogP contribution in [-0.2, 0) is 11.2 Å². The molecule has 0 N–H and O–H groups in total. The largest absolute Gasteiger partial charge is 0.343 e. The number of thiazole rings is 1. The summed E-state index contributed by atoms with van der Waals surface area (Å²) < 4.78 is 13.0. The lowest BCUT2D eigenvalue weighted by Gasteiger charge is -2.31. The first-order valence-electron chi connectivity index (χ1n) is 9.57. The third-order valence-corrected chi connectivity index (χ3v) is 6.24. The number of aryl methyl sites for hydroxylation is 1. The van der Waals surface area contributed by atoms with Crippen LogP contribution in [0.15, 0.2) is 54.2 Å². The Kier molecular flexibility index (Phi) is 5.76. The Morgan fingerprint density at radius 2 is 1.82 bits per heavy atom. The third kappa shape index (κ3) is 4.44. The minimum Gasteiger partial charge on any atom is -0.343 e. The second kappa shape index (κ2) is 8.61. The van der Waals surface area contributed by atoms with Gasteiger partial charge in [-0.1, -0.05) is 12.1 Å². The fourth-order valence-electron chi connectivity index (χ4n) is 3.57. The number of halogens is 1. The Labute approximate surface area is 168 Å². The maximum atomic E-state index is 13.0. The molecular formula is C22H22FN3OS. The van der Waals surface area contributed by atoms with Crippen LogP contribution in [0.4, 0.5) is 4.39 Å². The number of carbonyl (C=O) groups is 1. The maximum Gasteiger partial charge on any atom is 0.222 e. The van der Waals surface area contributed by atoms with Crippen LogP contribution in [0.2, 0.25) is 0 Å². The summed E-state index contributed by atoms with van der Waals surface area (Å²) in [4.78, 5) is 23.3. The van der Waals surface area contributed by atoms with Crippen LogP contribution in [-0.4, -0.2) is 33.9 Å². The van der Waals surface area contributed by atoms with Crippen LogP contribution in [0.3, 0.4) is 0 Å². The first-order valence-corrected chi connectivity index (χ1v) is 10.4. The zero-order valence-electron chi connectivity index (χ0n) is 15.6. The molecule has 0 radical (unpaired) electrons. The Morgan fingerprint density at radius 3 is 2.54 bits per heavy atom. The molecule has 6 heteroatoms. The fraction of sp³-hybridized carbons (Fsp3) is 0.318. The summed E-state index contributed by atoms with van der Waals surface area (Å²) in [6.45, 7) is 1.55. The molecule has 1 aliphatic rings. The highest BCUT2D eigenvalue weighted by Crippen LogP contribution is 2.33. The van der Waals surface area contributed by atoms with E-state index in [1.54, 1.807) is 35.9 Å². The number of likely N-dealkylation sites (tertiary alicyclic amines) is 1. The number of nitrogens with zero attached hydrogens (tertiary/aromatic N) is 3. The number of carbonyl (C=O) groups excluding carboxylic acids is 1. The average Bonchev–Trinajstić information content (AvgIpc) is 3.24. The Hall–Kier alpha value is -2.60. The molecular weight excluding hydrogens is 373 g/mol. The zero-order chi connectivity index (χ0) is 19.3. The van der Waals surface area contributed by atoms with E-state index in [2.05, 4.69) is 10.4 Å². The van der Waals surface area contributed by atoms with Crippen LogP contribution < -0.4 is 0 Å². The van der Waals surface area contributed by atoms with Gasteiger partial charge in [0.05, 0.1) is 10.7 Å². The number of hydrogen-bond acceptors (Lipinski definition) is 4. The van der Waals surface area contributed by atoms with Crippen molar-refractivity contribution >= 4 is 17.2 Å². The van der Waals surface area contributed by atoms with Crippen LogP contribution in [0, 0.1) is 5.82 Å². The lowest BCUT2D eigenvalue weighted by Crippen LogP contribution is -2.38. The summed E-state index contributed by atoms with van der Waals surface area (Å²) >= 11 is 1.70. The fourth-order valence-corrected chi connectivity index (χ4v) is 4.57. The van der Waals surface area contributed by atoms with Crippen molar-refractivity contribution in [1.29, 1.82) is 0 Å². The maximum absolute atomic E-state index is 13.0. The first kappa shape index (κ1) is 18.7. The van der Waals surface area contributed by atoms with Crippen molar-refractivity contribution in [3.05, 3.63) is 70.6 Å². The summed E-state index contributed by atoms with van der Waals surface area (Å²) in [5.41, 5.74) is 3.09. The molecule has 0 atom stereocenters. The molecule has 2 aromatic heterocycles. The zero-order valence-corrected chi connectivity index (χ0v) is 16.4. The number of rotatable bonds is 5. The highest BCUT2D eigenvalue weighted by molar-refractivity contribution is 7.10. The smallest absolute Gasteiger partial charge is 0.222 e. The van der Waals surface area contributed by atoms with Crippen LogP contribution in [0.25, 0.3) is 11.3 Å². The molecule has 0 unspecified atom stereocenters. The van der Waals surface area contributed by atoms with Crippen molar-refractivity contribution in [2.75, 3.05) is 13.1 Å². The van der Waals surface area contributed by atoms with Gasteiger partial charge in [-0.15, -0.1) is 11.3 Å². The van der Waals surface area contributed by atoms with Gasteiger partial charge in [-0.05, 0) is 49.1 Å².